The van der Waals surface area contributed by atoms with Crippen molar-refractivity contribution < 1.29 is 0 Å². The summed E-state index contributed by atoms with van der Waals surface area (Å²) in [6, 6.07) is 6.42. The van der Waals surface area contributed by atoms with Crippen LogP contribution in [-0.2, 0) is 6.54 Å². The highest BCUT2D eigenvalue weighted by Crippen LogP contribution is 2.03. The van der Waals surface area contributed by atoms with Gasteiger partial charge in [0.2, 0.25) is 0 Å². The molecule has 0 unspecified atom stereocenters. The van der Waals surface area contributed by atoms with Crippen LogP contribution in [0.3, 0.4) is 0 Å². The molecule has 0 aliphatic heterocycles. The minimum Gasteiger partial charge on any atom is -0.311 e. The van der Waals surface area contributed by atoms with E-state index in [2.05, 4.69) is 29.5 Å². The third-order valence-corrected chi connectivity index (χ3v) is 2.52. The predicted octanol–water partition coefficient (Wildman–Crippen LogP) is 1.30. The van der Waals surface area contributed by atoms with Gasteiger partial charge < -0.3 is 5.32 Å². The van der Waals surface area contributed by atoms with Gasteiger partial charge in [-0.1, -0.05) is 0 Å². The fraction of sp³-hybridized carbons (Fsp3) is 0.583. The van der Waals surface area contributed by atoms with Gasteiger partial charge in [0.25, 0.3) is 0 Å². The van der Waals surface area contributed by atoms with Crippen molar-refractivity contribution in [2.75, 3.05) is 6.54 Å². The lowest BCUT2D eigenvalue weighted by Crippen LogP contribution is -2.34. The van der Waals surface area contributed by atoms with E-state index in [1.54, 1.807) is 6.20 Å². The molecule has 1 aromatic heterocycles. The van der Waals surface area contributed by atoms with Crippen LogP contribution in [0.25, 0.3) is 0 Å². The standard InChI is InChI=1S/C12H17N5/c1-11(10-17-7-3-6-16-17)15-9-12(8-14)4-2-5-13/h3,6-7,11-12,15H,2,4,9-10H2,1H3/t11-,12-/m1/s1. The highest BCUT2D eigenvalue weighted by Gasteiger charge is 2.09. The summed E-state index contributed by atoms with van der Waals surface area (Å²) >= 11 is 0. The average molecular weight is 231 g/mol. The van der Waals surface area contributed by atoms with E-state index >= 15 is 0 Å². The average Bonchev–Trinajstić information content (AvgIpc) is 2.82. The Hall–Kier alpha value is -1.85. The molecule has 1 N–H and O–H groups in total. The number of hydrogen-bond donors (Lipinski definition) is 1. The molecule has 0 radical (unpaired) electrons. The molecular formula is C12H17N5. The van der Waals surface area contributed by atoms with Crippen LogP contribution in [0.2, 0.25) is 0 Å². The van der Waals surface area contributed by atoms with Crippen LogP contribution in [0.5, 0.6) is 0 Å². The van der Waals surface area contributed by atoms with Gasteiger partial charge in [-0.15, -0.1) is 0 Å². The molecule has 1 aromatic rings. The SMILES string of the molecule is C[C@H](Cn1cccn1)NC[C@@H](C#N)CCC#N. The Morgan fingerprint density at radius 3 is 2.88 bits per heavy atom. The Bertz CT molecular complexity index is 384. The van der Waals surface area contributed by atoms with Crippen molar-refractivity contribution in [3.63, 3.8) is 0 Å². The molecule has 1 heterocycles. The monoisotopic (exact) mass is 231 g/mol. The molecule has 0 aliphatic carbocycles. The van der Waals surface area contributed by atoms with Crippen molar-refractivity contribution in [2.45, 2.75) is 32.4 Å². The molecule has 0 aromatic carbocycles. The van der Waals surface area contributed by atoms with Gasteiger partial charge in [-0.25, -0.2) is 0 Å². The maximum atomic E-state index is 8.91. The van der Waals surface area contributed by atoms with Crippen molar-refractivity contribution in [3.8, 4) is 12.1 Å². The second kappa shape index (κ2) is 7.43. The molecule has 5 heteroatoms. The van der Waals surface area contributed by atoms with Gasteiger partial charge >= 0.3 is 0 Å². The summed E-state index contributed by atoms with van der Waals surface area (Å²) in [4.78, 5) is 0. The molecule has 17 heavy (non-hydrogen) atoms. The van der Waals surface area contributed by atoms with Crippen molar-refractivity contribution in [3.05, 3.63) is 18.5 Å². The number of hydrogen-bond acceptors (Lipinski definition) is 4. The Balaban J connectivity index is 2.25. The zero-order valence-electron chi connectivity index (χ0n) is 10.0. The number of rotatable bonds is 7. The fourth-order valence-electron chi connectivity index (χ4n) is 1.55. The van der Waals surface area contributed by atoms with Gasteiger partial charge in [-0.05, 0) is 19.4 Å². The van der Waals surface area contributed by atoms with Gasteiger partial charge in [-0.2, -0.15) is 15.6 Å². The van der Waals surface area contributed by atoms with Crippen LogP contribution in [0.15, 0.2) is 18.5 Å². The highest BCUT2D eigenvalue weighted by molar-refractivity contribution is 4.88. The summed E-state index contributed by atoms with van der Waals surface area (Å²) in [5.41, 5.74) is 0. The largest absolute Gasteiger partial charge is 0.311 e. The van der Waals surface area contributed by atoms with Crippen LogP contribution in [-0.4, -0.2) is 22.4 Å². The first-order valence-electron chi connectivity index (χ1n) is 5.73. The Labute approximate surface area is 102 Å². The van der Waals surface area contributed by atoms with Gasteiger partial charge in [-0.3, -0.25) is 4.68 Å². The second-order valence-corrected chi connectivity index (χ2v) is 4.06. The van der Waals surface area contributed by atoms with E-state index in [9.17, 15) is 0 Å². The van der Waals surface area contributed by atoms with Crippen LogP contribution in [0.4, 0.5) is 0 Å². The van der Waals surface area contributed by atoms with Gasteiger partial charge in [0.1, 0.15) is 0 Å². The van der Waals surface area contributed by atoms with Crippen LogP contribution in [0.1, 0.15) is 19.8 Å². The van der Waals surface area contributed by atoms with Crippen molar-refractivity contribution in [2.24, 2.45) is 5.92 Å². The summed E-state index contributed by atoms with van der Waals surface area (Å²) in [6.45, 7) is 3.46. The van der Waals surface area contributed by atoms with Crippen molar-refractivity contribution >= 4 is 0 Å². The summed E-state index contributed by atoms with van der Waals surface area (Å²) in [7, 11) is 0. The molecular weight excluding hydrogens is 214 g/mol. The third-order valence-electron chi connectivity index (χ3n) is 2.52. The molecule has 5 nitrogen and oxygen atoms in total. The molecule has 0 bridgehead atoms. The molecule has 0 aliphatic rings. The minimum absolute atomic E-state index is 0.0882. The topological polar surface area (TPSA) is 77.4 Å². The lowest BCUT2D eigenvalue weighted by Gasteiger charge is -2.15. The Kier molecular flexibility index (Phi) is 5.77. The summed E-state index contributed by atoms with van der Waals surface area (Å²) in [5, 5.41) is 24.8. The summed E-state index contributed by atoms with van der Waals surface area (Å²) in [6.07, 6.45) is 4.73. The third kappa shape index (κ3) is 5.14. The van der Waals surface area contributed by atoms with E-state index in [4.69, 9.17) is 10.5 Å². The first-order valence-corrected chi connectivity index (χ1v) is 5.73. The van der Waals surface area contributed by atoms with Crippen LogP contribution in [0, 0.1) is 28.6 Å². The van der Waals surface area contributed by atoms with E-state index in [0.29, 0.717) is 19.4 Å². The van der Waals surface area contributed by atoms with E-state index < -0.39 is 0 Å². The van der Waals surface area contributed by atoms with E-state index in [1.807, 2.05) is 16.9 Å². The quantitative estimate of drug-likeness (QED) is 0.767. The molecule has 0 amide bonds. The number of nitrogens with one attached hydrogen (secondary N) is 1. The predicted molar refractivity (Wildman–Crippen MR) is 63.6 cm³/mol. The van der Waals surface area contributed by atoms with Gasteiger partial charge in [0, 0.05) is 31.4 Å². The maximum absolute atomic E-state index is 8.91. The smallest absolute Gasteiger partial charge is 0.0669 e. The Morgan fingerprint density at radius 2 is 2.29 bits per heavy atom. The number of nitriles is 2. The van der Waals surface area contributed by atoms with E-state index in [1.165, 1.54) is 0 Å². The lowest BCUT2D eigenvalue weighted by molar-refractivity contribution is 0.422. The zero-order valence-corrected chi connectivity index (χ0v) is 10.0. The number of nitrogens with zero attached hydrogens (tertiary/aromatic N) is 4. The number of aromatic nitrogens is 2. The van der Waals surface area contributed by atoms with Crippen LogP contribution >= 0.6 is 0 Å². The Morgan fingerprint density at radius 1 is 1.47 bits per heavy atom. The molecule has 0 saturated carbocycles. The molecule has 90 valence electrons. The van der Waals surface area contributed by atoms with Gasteiger partial charge in [0.15, 0.2) is 0 Å². The second-order valence-electron chi connectivity index (χ2n) is 4.06. The van der Waals surface area contributed by atoms with E-state index in [-0.39, 0.29) is 12.0 Å². The van der Waals surface area contributed by atoms with Gasteiger partial charge in [0.05, 0.1) is 24.6 Å². The zero-order chi connectivity index (χ0) is 12.5. The maximum Gasteiger partial charge on any atom is 0.0669 e. The molecule has 0 spiro atoms. The first kappa shape index (κ1) is 13.2. The highest BCUT2D eigenvalue weighted by atomic mass is 15.3. The first-order chi connectivity index (χ1) is 8.26. The van der Waals surface area contributed by atoms with E-state index in [0.717, 1.165) is 6.54 Å². The lowest BCUT2D eigenvalue weighted by atomic mass is 10.1. The summed E-state index contributed by atoms with van der Waals surface area (Å²) in [5.74, 6) is -0.0882. The molecule has 1 rings (SSSR count). The normalized spacial score (nSPS) is 13.6. The molecule has 0 fully saturated rings. The molecule has 2 atom stereocenters. The van der Waals surface area contributed by atoms with Crippen molar-refractivity contribution in [1.82, 2.24) is 15.1 Å². The summed E-state index contributed by atoms with van der Waals surface area (Å²) < 4.78 is 1.86. The fourth-order valence-corrected chi connectivity index (χ4v) is 1.55. The minimum atomic E-state index is -0.0882. The van der Waals surface area contributed by atoms with Crippen molar-refractivity contribution in [1.29, 1.82) is 10.5 Å². The van der Waals surface area contributed by atoms with Crippen LogP contribution < -0.4 is 5.32 Å². The molecule has 0 saturated heterocycles.